The molecule has 0 saturated carbocycles. The second-order valence-electron chi connectivity index (χ2n) is 5.14. The van der Waals surface area contributed by atoms with E-state index in [0.717, 1.165) is 25.0 Å². The first-order valence-electron chi connectivity index (χ1n) is 7.56. The predicted molar refractivity (Wildman–Crippen MR) is 111 cm³/mol. The fourth-order valence-corrected chi connectivity index (χ4v) is 3.56. The summed E-state index contributed by atoms with van der Waals surface area (Å²) in [4.78, 5) is 0. The minimum absolute atomic E-state index is 0.228. The van der Waals surface area contributed by atoms with E-state index in [1.807, 2.05) is 19.1 Å². The molecular formula is C19H19BrINO2. The van der Waals surface area contributed by atoms with E-state index >= 15 is 0 Å². The SMILES string of the molecule is C#CCOc1c(I)cc(CNc2ccc(Br)cc2C)cc1OCC. The largest absolute Gasteiger partial charge is 0.490 e. The second-order valence-corrected chi connectivity index (χ2v) is 7.22. The predicted octanol–water partition coefficient (Wildman–Crippen LogP) is 5.38. The number of hydrogen-bond acceptors (Lipinski definition) is 3. The van der Waals surface area contributed by atoms with E-state index in [-0.39, 0.29) is 6.61 Å². The second kappa shape index (κ2) is 9.19. The Morgan fingerprint density at radius 1 is 1.25 bits per heavy atom. The molecule has 0 fully saturated rings. The highest BCUT2D eigenvalue weighted by Gasteiger charge is 2.12. The molecule has 0 amide bonds. The first-order chi connectivity index (χ1) is 11.5. The highest BCUT2D eigenvalue weighted by molar-refractivity contribution is 14.1. The number of terminal acetylenes is 1. The summed E-state index contributed by atoms with van der Waals surface area (Å²) in [6.07, 6.45) is 5.29. The van der Waals surface area contributed by atoms with Crippen molar-refractivity contribution in [3.63, 3.8) is 0 Å². The van der Waals surface area contributed by atoms with E-state index in [1.54, 1.807) is 0 Å². The number of hydrogen-bond donors (Lipinski definition) is 1. The van der Waals surface area contributed by atoms with Crippen LogP contribution in [0.4, 0.5) is 5.69 Å². The average Bonchev–Trinajstić information content (AvgIpc) is 2.53. The highest BCUT2D eigenvalue weighted by Crippen LogP contribution is 2.34. The Bertz CT molecular complexity index is 756. The Morgan fingerprint density at radius 3 is 2.71 bits per heavy atom. The summed E-state index contributed by atoms with van der Waals surface area (Å²) in [5.41, 5.74) is 3.43. The molecule has 0 spiro atoms. The minimum Gasteiger partial charge on any atom is -0.490 e. The number of nitrogens with one attached hydrogen (secondary N) is 1. The lowest BCUT2D eigenvalue weighted by molar-refractivity contribution is 0.297. The van der Waals surface area contributed by atoms with Crippen molar-refractivity contribution in [1.82, 2.24) is 0 Å². The highest BCUT2D eigenvalue weighted by atomic mass is 127. The van der Waals surface area contributed by atoms with Gasteiger partial charge in [-0.3, -0.25) is 0 Å². The Morgan fingerprint density at radius 2 is 2.04 bits per heavy atom. The molecule has 126 valence electrons. The molecule has 2 aromatic carbocycles. The number of anilines is 1. The van der Waals surface area contributed by atoms with Crippen LogP contribution in [0.3, 0.4) is 0 Å². The van der Waals surface area contributed by atoms with Crippen LogP contribution in [0.1, 0.15) is 18.1 Å². The number of aryl methyl sites for hydroxylation is 1. The summed E-state index contributed by atoms with van der Waals surface area (Å²) in [7, 11) is 0. The molecule has 0 unspecified atom stereocenters. The summed E-state index contributed by atoms with van der Waals surface area (Å²) in [5, 5.41) is 3.46. The van der Waals surface area contributed by atoms with Gasteiger partial charge in [0.25, 0.3) is 0 Å². The van der Waals surface area contributed by atoms with Crippen molar-refractivity contribution in [2.24, 2.45) is 0 Å². The van der Waals surface area contributed by atoms with E-state index in [2.05, 4.69) is 74.9 Å². The van der Waals surface area contributed by atoms with Gasteiger partial charge in [0, 0.05) is 16.7 Å². The zero-order valence-corrected chi connectivity index (χ0v) is 17.4. The summed E-state index contributed by atoms with van der Waals surface area (Å²) >= 11 is 5.73. The molecule has 0 aromatic heterocycles. The number of rotatable bonds is 7. The van der Waals surface area contributed by atoms with E-state index in [1.165, 1.54) is 5.56 Å². The molecule has 24 heavy (non-hydrogen) atoms. The van der Waals surface area contributed by atoms with Gasteiger partial charge in [0.2, 0.25) is 0 Å². The maximum atomic E-state index is 5.71. The fraction of sp³-hybridized carbons (Fsp3) is 0.263. The monoisotopic (exact) mass is 499 g/mol. The molecule has 2 aromatic rings. The molecule has 0 aliphatic heterocycles. The summed E-state index contributed by atoms with van der Waals surface area (Å²) < 4.78 is 13.4. The Hall–Kier alpha value is -1.39. The third-order valence-electron chi connectivity index (χ3n) is 3.34. The van der Waals surface area contributed by atoms with E-state index in [9.17, 15) is 0 Å². The van der Waals surface area contributed by atoms with E-state index in [4.69, 9.17) is 15.9 Å². The van der Waals surface area contributed by atoms with Gasteiger partial charge in [-0.25, -0.2) is 0 Å². The first-order valence-corrected chi connectivity index (χ1v) is 9.43. The van der Waals surface area contributed by atoms with Crippen molar-refractivity contribution in [3.8, 4) is 23.8 Å². The van der Waals surface area contributed by atoms with Gasteiger partial charge in [-0.05, 0) is 77.9 Å². The van der Waals surface area contributed by atoms with Crippen molar-refractivity contribution >= 4 is 44.2 Å². The molecule has 0 saturated heterocycles. The lowest BCUT2D eigenvalue weighted by atomic mass is 10.1. The Kier molecular flexibility index (Phi) is 7.25. The standard InChI is InChI=1S/C19H19BrINO2/c1-4-8-24-19-16(21)10-14(11-18(19)23-5-2)12-22-17-7-6-15(20)9-13(17)3/h1,6-7,9-11,22H,5,8,12H2,2-3H3. The van der Waals surface area contributed by atoms with Crippen LogP contribution in [-0.4, -0.2) is 13.2 Å². The lowest BCUT2D eigenvalue weighted by Crippen LogP contribution is -2.05. The average molecular weight is 500 g/mol. The van der Waals surface area contributed by atoms with Crippen molar-refractivity contribution < 1.29 is 9.47 Å². The van der Waals surface area contributed by atoms with Gasteiger partial charge in [0.1, 0.15) is 6.61 Å². The Balaban J connectivity index is 2.19. The van der Waals surface area contributed by atoms with Gasteiger partial charge in [-0.2, -0.15) is 0 Å². The summed E-state index contributed by atoms with van der Waals surface area (Å²) in [6, 6.07) is 10.3. The summed E-state index contributed by atoms with van der Waals surface area (Å²) in [5.74, 6) is 3.92. The van der Waals surface area contributed by atoms with Crippen LogP contribution >= 0.6 is 38.5 Å². The fourth-order valence-electron chi connectivity index (χ4n) is 2.26. The molecule has 0 aliphatic rings. The van der Waals surface area contributed by atoms with E-state index in [0.29, 0.717) is 18.9 Å². The molecule has 0 radical (unpaired) electrons. The molecule has 5 heteroatoms. The van der Waals surface area contributed by atoms with E-state index < -0.39 is 0 Å². The molecule has 2 rings (SSSR count). The lowest BCUT2D eigenvalue weighted by Gasteiger charge is -2.15. The minimum atomic E-state index is 0.228. The molecule has 0 atom stereocenters. The third kappa shape index (κ3) is 5.05. The number of benzene rings is 2. The topological polar surface area (TPSA) is 30.5 Å². The smallest absolute Gasteiger partial charge is 0.175 e. The zero-order valence-electron chi connectivity index (χ0n) is 13.7. The van der Waals surface area contributed by atoms with Crippen molar-refractivity contribution in [1.29, 1.82) is 0 Å². The van der Waals surface area contributed by atoms with Crippen LogP contribution in [0.15, 0.2) is 34.8 Å². The van der Waals surface area contributed by atoms with Crippen LogP contribution < -0.4 is 14.8 Å². The number of ether oxygens (including phenoxy) is 2. The molecule has 1 N–H and O–H groups in total. The van der Waals surface area contributed by atoms with Gasteiger partial charge in [0.15, 0.2) is 11.5 Å². The molecular weight excluding hydrogens is 481 g/mol. The van der Waals surface area contributed by atoms with Gasteiger partial charge < -0.3 is 14.8 Å². The van der Waals surface area contributed by atoms with Gasteiger partial charge in [0.05, 0.1) is 10.2 Å². The zero-order chi connectivity index (χ0) is 17.5. The van der Waals surface area contributed by atoms with Crippen molar-refractivity contribution in [2.45, 2.75) is 20.4 Å². The van der Waals surface area contributed by atoms with Crippen LogP contribution in [0.2, 0.25) is 0 Å². The third-order valence-corrected chi connectivity index (χ3v) is 4.63. The molecule has 0 heterocycles. The first kappa shape index (κ1) is 18.9. The Labute approximate surface area is 165 Å². The van der Waals surface area contributed by atoms with Gasteiger partial charge in [-0.1, -0.05) is 21.9 Å². The van der Waals surface area contributed by atoms with Crippen LogP contribution in [0, 0.1) is 22.8 Å². The quantitative estimate of drug-likeness (QED) is 0.409. The maximum absolute atomic E-state index is 5.71. The maximum Gasteiger partial charge on any atom is 0.175 e. The van der Waals surface area contributed by atoms with Crippen molar-refractivity contribution in [3.05, 3.63) is 49.5 Å². The van der Waals surface area contributed by atoms with Gasteiger partial charge >= 0.3 is 0 Å². The van der Waals surface area contributed by atoms with Crippen LogP contribution in [-0.2, 0) is 6.54 Å². The molecule has 0 aliphatic carbocycles. The normalized spacial score (nSPS) is 10.1. The van der Waals surface area contributed by atoms with Gasteiger partial charge in [-0.15, -0.1) is 6.42 Å². The molecule has 0 bridgehead atoms. The number of halogens is 2. The summed E-state index contributed by atoms with van der Waals surface area (Å²) in [6.45, 7) is 5.54. The molecule has 3 nitrogen and oxygen atoms in total. The van der Waals surface area contributed by atoms with Crippen molar-refractivity contribution in [2.75, 3.05) is 18.5 Å². The van der Waals surface area contributed by atoms with Crippen LogP contribution in [0.5, 0.6) is 11.5 Å². The van der Waals surface area contributed by atoms with Crippen LogP contribution in [0.25, 0.3) is 0 Å².